The standard InChI is InChI=1S/C12H21NO2/c1-2-15-9-12(14)13(7-10-3-4-10)8-11-5-6-11/h10-11H,2-9H2,1H3. The van der Waals surface area contributed by atoms with Crippen molar-refractivity contribution < 1.29 is 9.53 Å². The Kier molecular flexibility index (Phi) is 3.62. The van der Waals surface area contributed by atoms with Gasteiger partial charge < -0.3 is 9.64 Å². The van der Waals surface area contributed by atoms with Gasteiger partial charge in [0.1, 0.15) is 6.61 Å². The van der Waals surface area contributed by atoms with Gasteiger partial charge in [0.25, 0.3) is 0 Å². The van der Waals surface area contributed by atoms with Crippen molar-refractivity contribution in [2.24, 2.45) is 11.8 Å². The largest absolute Gasteiger partial charge is 0.372 e. The Morgan fingerprint density at radius 2 is 1.73 bits per heavy atom. The van der Waals surface area contributed by atoms with Crippen LogP contribution in [-0.4, -0.2) is 37.1 Å². The van der Waals surface area contributed by atoms with Gasteiger partial charge in [-0.1, -0.05) is 0 Å². The predicted molar refractivity (Wildman–Crippen MR) is 58.5 cm³/mol. The van der Waals surface area contributed by atoms with Crippen LogP contribution in [0.5, 0.6) is 0 Å². The minimum atomic E-state index is 0.190. The van der Waals surface area contributed by atoms with Gasteiger partial charge >= 0.3 is 0 Å². The van der Waals surface area contributed by atoms with Crippen molar-refractivity contribution in [2.75, 3.05) is 26.3 Å². The van der Waals surface area contributed by atoms with Gasteiger partial charge in [0.2, 0.25) is 5.91 Å². The summed E-state index contributed by atoms with van der Waals surface area (Å²) in [4.78, 5) is 13.9. The van der Waals surface area contributed by atoms with E-state index in [9.17, 15) is 4.79 Å². The molecule has 0 atom stereocenters. The molecule has 0 aromatic carbocycles. The maximum atomic E-state index is 11.8. The van der Waals surface area contributed by atoms with Crippen molar-refractivity contribution in [1.82, 2.24) is 4.90 Å². The zero-order chi connectivity index (χ0) is 10.7. The quantitative estimate of drug-likeness (QED) is 0.641. The Morgan fingerprint density at radius 3 is 2.13 bits per heavy atom. The van der Waals surface area contributed by atoms with Crippen molar-refractivity contribution >= 4 is 5.91 Å². The van der Waals surface area contributed by atoms with E-state index in [2.05, 4.69) is 0 Å². The molecule has 0 unspecified atom stereocenters. The summed E-state index contributed by atoms with van der Waals surface area (Å²) in [5, 5.41) is 0. The normalized spacial score (nSPS) is 20.3. The van der Waals surface area contributed by atoms with Gasteiger partial charge in [0, 0.05) is 19.7 Å². The SMILES string of the molecule is CCOCC(=O)N(CC1CC1)CC1CC1. The third-order valence-corrected chi connectivity index (χ3v) is 3.13. The molecule has 2 rings (SSSR count). The van der Waals surface area contributed by atoms with Gasteiger partial charge in [-0.2, -0.15) is 0 Å². The highest BCUT2D eigenvalue weighted by Gasteiger charge is 2.31. The Bertz CT molecular complexity index is 208. The summed E-state index contributed by atoms with van der Waals surface area (Å²) in [7, 11) is 0. The Balaban J connectivity index is 1.75. The van der Waals surface area contributed by atoms with Gasteiger partial charge in [-0.3, -0.25) is 4.79 Å². The second-order valence-corrected chi connectivity index (χ2v) is 4.82. The zero-order valence-corrected chi connectivity index (χ0v) is 9.58. The summed E-state index contributed by atoms with van der Waals surface area (Å²) in [5.74, 6) is 1.76. The lowest BCUT2D eigenvalue weighted by atomic mass is 10.3. The topological polar surface area (TPSA) is 29.5 Å². The second-order valence-electron chi connectivity index (χ2n) is 4.82. The van der Waals surface area contributed by atoms with Gasteiger partial charge in [-0.25, -0.2) is 0 Å². The highest BCUT2D eigenvalue weighted by Crippen LogP contribution is 2.33. The molecular weight excluding hydrogens is 190 g/mol. The van der Waals surface area contributed by atoms with Crippen LogP contribution in [0.4, 0.5) is 0 Å². The lowest BCUT2D eigenvalue weighted by Gasteiger charge is -2.22. The maximum Gasteiger partial charge on any atom is 0.248 e. The number of amides is 1. The minimum Gasteiger partial charge on any atom is -0.372 e. The molecule has 0 heterocycles. The van der Waals surface area contributed by atoms with Gasteiger partial charge in [-0.15, -0.1) is 0 Å². The van der Waals surface area contributed by atoms with Crippen LogP contribution in [0.25, 0.3) is 0 Å². The first-order valence-corrected chi connectivity index (χ1v) is 6.15. The zero-order valence-electron chi connectivity index (χ0n) is 9.58. The summed E-state index contributed by atoms with van der Waals surface area (Å²) in [6, 6.07) is 0. The average molecular weight is 211 g/mol. The van der Waals surface area contributed by atoms with E-state index >= 15 is 0 Å². The lowest BCUT2D eigenvalue weighted by Crippen LogP contribution is -2.37. The fourth-order valence-corrected chi connectivity index (χ4v) is 1.78. The number of ether oxygens (including phenoxy) is 1. The fourth-order valence-electron chi connectivity index (χ4n) is 1.78. The number of carbonyl (C=O) groups excluding carboxylic acids is 1. The smallest absolute Gasteiger partial charge is 0.248 e. The number of hydrogen-bond acceptors (Lipinski definition) is 2. The third-order valence-electron chi connectivity index (χ3n) is 3.13. The molecule has 2 aliphatic carbocycles. The molecule has 0 aromatic heterocycles. The van der Waals surface area contributed by atoms with Crippen molar-refractivity contribution in [3.63, 3.8) is 0 Å². The summed E-state index contributed by atoms with van der Waals surface area (Å²) in [5.41, 5.74) is 0. The van der Waals surface area contributed by atoms with E-state index in [1.807, 2.05) is 11.8 Å². The number of carbonyl (C=O) groups is 1. The molecular formula is C12H21NO2. The fraction of sp³-hybridized carbons (Fsp3) is 0.917. The number of rotatable bonds is 7. The molecule has 0 bridgehead atoms. The van der Waals surface area contributed by atoms with E-state index in [-0.39, 0.29) is 12.5 Å². The van der Waals surface area contributed by atoms with Gasteiger partial charge in [0.05, 0.1) is 0 Å². The lowest BCUT2D eigenvalue weighted by molar-refractivity contribution is -0.136. The molecule has 3 nitrogen and oxygen atoms in total. The van der Waals surface area contributed by atoms with E-state index in [1.54, 1.807) is 0 Å². The Hall–Kier alpha value is -0.570. The molecule has 0 N–H and O–H groups in total. The highest BCUT2D eigenvalue weighted by atomic mass is 16.5. The van der Waals surface area contributed by atoms with E-state index < -0.39 is 0 Å². The maximum absolute atomic E-state index is 11.8. The van der Waals surface area contributed by atoms with E-state index in [0.717, 1.165) is 24.9 Å². The van der Waals surface area contributed by atoms with Crippen LogP contribution in [-0.2, 0) is 9.53 Å². The van der Waals surface area contributed by atoms with E-state index in [0.29, 0.717) is 6.61 Å². The van der Waals surface area contributed by atoms with Crippen LogP contribution in [0, 0.1) is 11.8 Å². The van der Waals surface area contributed by atoms with Gasteiger partial charge in [-0.05, 0) is 44.4 Å². The van der Waals surface area contributed by atoms with Crippen molar-refractivity contribution in [1.29, 1.82) is 0 Å². The summed E-state index contributed by atoms with van der Waals surface area (Å²) >= 11 is 0. The molecule has 2 aliphatic rings. The van der Waals surface area contributed by atoms with Crippen LogP contribution in [0.1, 0.15) is 32.6 Å². The Morgan fingerprint density at radius 1 is 1.20 bits per heavy atom. The van der Waals surface area contributed by atoms with Crippen molar-refractivity contribution in [2.45, 2.75) is 32.6 Å². The second kappa shape index (κ2) is 4.97. The predicted octanol–water partition coefficient (Wildman–Crippen LogP) is 1.67. The van der Waals surface area contributed by atoms with Crippen LogP contribution in [0.3, 0.4) is 0 Å². The molecule has 0 radical (unpaired) electrons. The molecule has 0 aliphatic heterocycles. The summed E-state index contributed by atoms with van der Waals surface area (Å²) in [6.07, 6.45) is 5.23. The molecule has 3 heteroatoms. The molecule has 2 fully saturated rings. The molecule has 1 amide bonds. The highest BCUT2D eigenvalue weighted by molar-refractivity contribution is 5.77. The average Bonchev–Trinajstić information content (AvgIpc) is 3.06. The summed E-state index contributed by atoms with van der Waals surface area (Å²) < 4.78 is 5.19. The van der Waals surface area contributed by atoms with Crippen LogP contribution >= 0.6 is 0 Å². The molecule has 86 valence electrons. The molecule has 0 saturated heterocycles. The van der Waals surface area contributed by atoms with Crippen molar-refractivity contribution in [3.8, 4) is 0 Å². The first-order valence-electron chi connectivity index (χ1n) is 6.15. The van der Waals surface area contributed by atoms with E-state index in [1.165, 1.54) is 25.7 Å². The summed E-state index contributed by atoms with van der Waals surface area (Å²) in [6.45, 7) is 4.78. The number of nitrogens with zero attached hydrogens (tertiary/aromatic N) is 1. The number of hydrogen-bond donors (Lipinski definition) is 0. The first-order chi connectivity index (χ1) is 7.29. The monoisotopic (exact) mass is 211 g/mol. The van der Waals surface area contributed by atoms with Gasteiger partial charge in [0.15, 0.2) is 0 Å². The van der Waals surface area contributed by atoms with Crippen molar-refractivity contribution in [3.05, 3.63) is 0 Å². The van der Waals surface area contributed by atoms with E-state index in [4.69, 9.17) is 4.74 Å². The Labute approximate surface area is 91.8 Å². The minimum absolute atomic E-state index is 0.190. The van der Waals surface area contributed by atoms with Crippen LogP contribution in [0.15, 0.2) is 0 Å². The molecule has 0 spiro atoms. The van der Waals surface area contributed by atoms with Crippen LogP contribution < -0.4 is 0 Å². The molecule has 2 saturated carbocycles. The first kappa shape index (κ1) is 10.9. The van der Waals surface area contributed by atoms with Crippen LogP contribution in [0.2, 0.25) is 0 Å². The molecule has 15 heavy (non-hydrogen) atoms. The molecule has 0 aromatic rings. The third kappa shape index (κ3) is 3.82.